The van der Waals surface area contributed by atoms with E-state index in [9.17, 15) is 9.59 Å². The SMILES string of the molecule is CCCN1C[C@H]2CC[C@@H]1CN(C(=O)c1cc(=O)c3ccc(C)cc3o1)C2. The Morgan fingerprint density at radius 3 is 2.85 bits per heavy atom. The van der Waals surface area contributed by atoms with Crippen molar-refractivity contribution in [1.82, 2.24) is 9.80 Å². The van der Waals surface area contributed by atoms with Crippen LogP contribution in [0.2, 0.25) is 0 Å². The van der Waals surface area contributed by atoms with Crippen LogP contribution in [0, 0.1) is 12.8 Å². The molecule has 4 heterocycles. The Kier molecular flexibility index (Phi) is 4.57. The first kappa shape index (κ1) is 17.3. The maximum Gasteiger partial charge on any atom is 0.289 e. The summed E-state index contributed by atoms with van der Waals surface area (Å²) in [5.41, 5.74) is 1.35. The third kappa shape index (κ3) is 3.16. The summed E-state index contributed by atoms with van der Waals surface area (Å²) < 4.78 is 5.84. The Labute approximate surface area is 153 Å². The largest absolute Gasteiger partial charge is 0.451 e. The van der Waals surface area contributed by atoms with Crippen LogP contribution in [0.25, 0.3) is 11.0 Å². The van der Waals surface area contributed by atoms with Crippen molar-refractivity contribution in [2.75, 3.05) is 26.2 Å². The summed E-state index contributed by atoms with van der Waals surface area (Å²) in [5.74, 6) is 0.524. The number of hydrogen-bond donors (Lipinski definition) is 0. The molecule has 0 aliphatic carbocycles. The minimum atomic E-state index is -0.153. The highest BCUT2D eigenvalue weighted by molar-refractivity contribution is 5.93. The highest BCUT2D eigenvalue weighted by atomic mass is 16.3. The number of fused-ring (bicyclic) bond motifs is 5. The minimum absolute atomic E-state index is 0.152. The fourth-order valence-corrected chi connectivity index (χ4v) is 4.43. The molecule has 5 rings (SSSR count). The van der Waals surface area contributed by atoms with Gasteiger partial charge in [-0.05, 0) is 56.3 Å². The first-order valence-corrected chi connectivity index (χ1v) is 9.63. The number of amides is 1. The average Bonchev–Trinajstić information content (AvgIpc) is 2.92. The summed E-state index contributed by atoms with van der Waals surface area (Å²) in [6, 6.07) is 7.25. The van der Waals surface area contributed by atoms with E-state index in [-0.39, 0.29) is 17.1 Å². The molecule has 1 aromatic heterocycles. The summed E-state index contributed by atoms with van der Waals surface area (Å²) >= 11 is 0. The van der Waals surface area contributed by atoms with Gasteiger partial charge >= 0.3 is 0 Å². The Morgan fingerprint density at radius 2 is 2.04 bits per heavy atom. The molecule has 2 atom stereocenters. The molecule has 3 aliphatic heterocycles. The van der Waals surface area contributed by atoms with Gasteiger partial charge in [-0.25, -0.2) is 0 Å². The molecule has 0 unspecified atom stereocenters. The number of benzene rings is 1. The van der Waals surface area contributed by atoms with E-state index in [0.29, 0.717) is 22.9 Å². The molecule has 0 radical (unpaired) electrons. The van der Waals surface area contributed by atoms with Crippen molar-refractivity contribution in [3.8, 4) is 0 Å². The quantitative estimate of drug-likeness (QED) is 0.850. The molecule has 3 aliphatic rings. The topological polar surface area (TPSA) is 53.8 Å². The molecule has 1 amide bonds. The van der Waals surface area contributed by atoms with E-state index in [1.54, 1.807) is 6.07 Å². The van der Waals surface area contributed by atoms with Crippen LogP contribution < -0.4 is 5.43 Å². The number of hydrogen-bond acceptors (Lipinski definition) is 4. The van der Waals surface area contributed by atoms with Crippen LogP contribution >= 0.6 is 0 Å². The number of rotatable bonds is 3. The van der Waals surface area contributed by atoms with E-state index < -0.39 is 0 Å². The van der Waals surface area contributed by atoms with Crippen molar-refractivity contribution < 1.29 is 9.21 Å². The Morgan fingerprint density at radius 1 is 1.19 bits per heavy atom. The van der Waals surface area contributed by atoms with Crippen LogP contribution in [0.4, 0.5) is 0 Å². The van der Waals surface area contributed by atoms with Crippen LogP contribution in [-0.2, 0) is 0 Å². The average molecular weight is 354 g/mol. The summed E-state index contributed by atoms with van der Waals surface area (Å²) in [5, 5.41) is 0.525. The number of carbonyl (C=O) groups is 1. The predicted octanol–water partition coefficient (Wildman–Crippen LogP) is 3.05. The molecule has 3 fully saturated rings. The van der Waals surface area contributed by atoms with E-state index in [2.05, 4.69) is 11.8 Å². The summed E-state index contributed by atoms with van der Waals surface area (Å²) in [4.78, 5) is 29.9. The van der Waals surface area contributed by atoms with Crippen molar-refractivity contribution in [1.29, 1.82) is 0 Å². The van der Waals surface area contributed by atoms with Gasteiger partial charge in [-0.1, -0.05) is 13.0 Å². The van der Waals surface area contributed by atoms with Crippen LogP contribution in [0.5, 0.6) is 0 Å². The zero-order valence-electron chi connectivity index (χ0n) is 15.5. The Bertz CT molecular complexity index is 888. The Hall–Kier alpha value is -2.14. The van der Waals surface area contributed by atoms with Crippen molar-refractivity contribution in [3.63, 3.8) is 0 Å². The van der Waals surface area contributed by atoms with Crippen molar-refractivity contribution in [3.05, 3.63) is 45.8 Å². The minimum Gasteiger partial charge on any atom is -0.451 e. The van der Waals surface area contributed by atoms with Crippen molar-refractivity contribution >= 4 is 16.9 Å². The van der Waals surface area contributed by atoms with Crippen LogP contribution in [-0.4, -0.2) is 47.9 Å². The number of nitrogens with zero attached hydrogens (tertiary/aromatic N) is 2. The van der Waals surface area contributed by atoms with Crippen molar-refractivity contribution in [2.24, 2.45) is 5.92 Å². The molecule has 5 heteroatoms. The van der Waals surface area contributed by atoms with E-state index >= 15 is 0 Å². The molecule has 0 N–H and O–H groups in total. The van der Waals surface area contributed by atoms with Gasteiger partial charge in [0.15, 0.2) is 11.2 Å². The van der Waals surface area contributed by atoms with Gasteiger partial charge in [0.1, 0.15) is 5.58 Å². The van der Waals surface area contributed by atoms with E-state index in [1.165, 1.54) is 12.5 Å². The van der Waals surface area contributed by atoms with Gasteiger partial charge in [-0.3, -0.25) is 14.5 Å². The highest BCUT2D eigenvalue weighted by Gasteiger charge is 2.36. The smallest absolute Gasteiger partial charge is 0.289 e. The van der Waals surface area contributed by atoms with E-state index in [4.69, 9.17) is 4.42 Å². The standard InChI is InChI=1S/C21H26N2O3/c1-3-8-22-11-15-5-6-16(22)13-23(12-15)21(25)20-10-18(24)17-7-4-14(2)9-19(17)26-20/h4,7,9-10,15-16H,3,5-6,8,11-13H2,1-2H3/t15-,16-/m1/s1. The van der Waals surface area contributed by atoms with Gasteiger partial charge in [0.2, 0.25) is 0 Å². The molecule has 26 heavy (non-hydrogen) atoms. The summed E-state index contributed by atoms with van der Waals surface area (Å²) in [6.07, 6.45) is 3.46. The lowest BCUT2D eigenvalue weighted by atomic mass is 9.95. The van der Waals surface area contributed by atoms with Gasteiger partial charge in [-0.2, -0.15) is 0 Å². The molecule has 2 bridgehead atoms. The predicted molar refractivity (Wildman–Crippen MR) is 102 cm³/mol. The van der Waals surface area contributed by atoms with Gasteiger partial charge in [0.05, 0.1) is 5.39 Å². The molecular weight excluding hydrogens is 328 g/mol. The monoisotopic (exact) mass is 354 g/mol. The normalized spacial score (nSPS) is 23.4. The lowest BCUT2D eigenvalue weighted by Gasteiger charge is -2.35. The molecule has 0 spiro atoms. The number of aryl methyl sites for hydroxylation is 1. The lowest BCUT2D eigenvalue weighted by molar-refractivity contribution is 0.0707. The summed E-state index contributed by atoms with van der Waals surface area (Å²) in [6.45, 7) is 7.79. The van der Waals surface area contributed by atoms with Gasteiger partial charge in [0.25, 0.3) is 5.91 Å². The highest BCUT2D eigenvalue weighted by Crippen LogP contribution is 2.29. The Balaban J connectivity index is 1.63. The molecule has 138 valence electrons. The first-order valence-electron chi connectivity index (χ1n) is 9.63. The second kappa shape index (κ2) is 6.88. The van der Waals surface area contributed by atoms with Crippen molar-refractivity contribution in [2.45, 2.75) is 39.2 Å². The molecular formula is C21H26N2O3. The third-order valence-corrected chi connectivity index (χ3v) is 5.72. The van der Waals surface area contributed by atoms with Gasteiger partial charge in [0, 0.05) is 31.7 Å². The molecule has 5 nitrogen and oxygen atoms in total. The molecule has 0 saturated carbocycles. The maximum atomic E-state index is 13.1. The van der Waals surface area contributed by atoms with Gasteiger partial charge in [-0.15, -0.1) is 0 Å². The fourth-order valence-electron chi connectivity index (χ4n) is 4.43. The zero-order valence-corrected chi connectivity index (χ0v) is 15.5. The second-order valence-corrected chi connectivity index (χ2v) is 7.78. The first-order chi connectivity index (χ1) is 12.5. The van der Waals surface area contributed by atoms with Crippen LogP contribution in [0.15, 0.2) is 33.5 Å². The fraction of sp³-hybridized carbons (Fsp3) is 0.524. The zero-order chi connectivity index (χ0) is 18.3. The van der Waals surface area contributed by atoms with Gasteiger partial charge < -0.3 is 9.32 Å². The second-order valence-electron chi connectivity index (χ2n) is 7.78. The van der Waals surface area contributed by atoms with Crippen LogP contribution in [0.3, 0.4) is 0 Å². The molecule has 2 aromatic rings. The molecule has 1 aromatic carbocycles. The number of carbonyl (C=O) groups excluding carboxylic acids is 1. The lowest BCUT2D eigenvalue weighted by Crippen LogP contribution is -2.44. The third-order valence-electron chi connectivity index (χ3n) is 5.72. The molecule has 3 saturated heterocycles. The number of piperidine rings is 1. The van der Waals surface area contributed by atoms with E-state index in [1.807, 2.05) is 24.0 Å². The van der Waals surface area contributed by atoms with Crippen LogP contribution in [0.1, 0.15) is 42.3 Å². The summed E-state index contributed by atoms with van der Waals surface area (Å²) in [7, 11) is 0. The van der Waals surface area contributed by atoms with E-state index in [0.717, 1.165) is 44.6 Å². The maximum absolute atomic E-state index is 13.1.